The van der Waals surface area contributed by atoms with E-state index in [1.807, 2.05) is 19.9 Å². The second-order valence-electron chi connectivity index (χ2n) is 3.11. The molecule has 0 aliphatic rings. The van der Waals surface area contributed by atoms with E-state index in [1.165, 1.54) is 0 Å². The number of nitrogens with zero attached hydrogens (tertiary/aromatic N) is 1. The Morgan fingerprint density at radius 1 is 1.43 bits per heavy atom. The van der Waals surface area contributed by atoms with Crippen molar-refractivity contribution in [3.63, 3.8) is 0 Å². The van der Waals surface area contributed by atoms with Crippen molar-refractivity contribution in [3.05, 3.63) is 12.2 Å². The molecule has 0 heterocycles. The highest BCUT2D eigenvalue weighted by Crippen LogP contribution is 1.93. The number of carbonyl (C=O) groups excluding carboxylic acids is 1. The van der Waals surface area contributed by atoms with Gasteiger partial charge in [0, 0.05) is 6.54 Å². The van der Waals surface area contributed by atoms with Crippen molar-refractivity contribution >= 4 is 5.97 Å². The van der Waals surface area contributed by atoms with Gasteiger partial charge < -0.3 is 4.74 Å². The Hall–Kier alpha value is -0.830. The molecule has 0 fully saturated rings. The summed E-state index contributed by atoms with van der Waals surface area (Å²) in [4.78, 5) is 13.3. The fourth-order valence-corrected chi connectivity index (χ4v) is 1.19. The van der Waals surface area contributed by atoms with Gasteiger partial charge in [0.2, 0.25) is 0 Å². The lowest BCUT2D eigenvalue weighted by molar-refractivity contribution is -0.144. The Morgan fingerprint density at radius 3 is 2.64 bits per heavy atom. The predicted molar refractivity (Wildman–Crippen MR) is 58.2 cm³/mol. The smallest absolute Gasteiger partial charge is 0.320 e. The number of ether oxygens (including phenoxy) is 1. The zero-order chi connectivity index (χ0) is 10.8. The van der Waals surface area contributed by atoms with Crippen LogP contribution in [0, 0.1) is 0 Å². The maximum absolute atomic E-state index is 11.2. The van der Waals surface area contributed by atoms with Gasteiger partial charge in [-0.1, -0.05) is 19.1 Å². The molecule has 0 radical (unpaired) electrons. The molecule has 0 amide bonds. The molecule has 0 aromatic rings. The van der Waals surface area contributed by atoms with E-state index in [1.54, 1.807) is 0 Å². The van der Waals surface area contributed by atoms with Gasteiger partial charge in [-0.15, -0.1) is 0 Å². The third kappa shape index (κ3) is 6.66. The number of hydrogen-bond donors (Lipinski definition) is 0. The number of rotatable bonds is 7. The van der Waals surface area contributed by atoms with Crippen molar-refractivity contribution in [2.24, 2.45) is 0 Å². The zero-order valence-corrected chi connectivity index (χ0v) is 9.45. The Kier molecular flexibility index (Phi) is 8.24. The molecule has 0 aliphatic carbocycles. The van der Waals surface area contributed by atoms with E-state index in [4.69, 9.17) is 4.74 Å². The molecule has 0 saturated carbocycles. The van der Waals surface area contributed by atoms with Crippen LogP contribution >= 0.6 is 0 Å². The first-order valence-electron chi connectivity index (χ1n) is 5.23. The molecule has 0 aromatic carbocycles. The standard InChI is InChI=1S/C11H21NO2/c1-4-7-9-12(8-5-2)10-11(13)14-6-3/h4,7H,5-6,8-10H2,1-3H3. The number of allylic oxidation sites excluding steroid dienone is 1. The molecule has 0 bridgehead atoms. The van der Waals surface area contributed by atoms with Crippen LogP contribution in [-0.4, -0.2) is 37.1 Å². The average Bonchev–Trinajstić information content (AvgIpc) is 2.15. The molecule has 3 heteroatoms. The van der Waals surface area contributed by atoms with Gasteiger partial charge in [0.25, 0.3) is 0 Å². The van der Waals surface area contributed by atoms with Crippen LogP contribution in [0.1, 0.15) is 27.2 Å². The highest BCUT2D eigenvalue weighted by molar-refractivity contribution is 5.71. The molecule has 0 rings (SSSR count). The summed E-state index contributed by atoms with van der Waals surface area (Å²) in [6.45, 7) is 8.52. The second kappa shape index (κ2) is 8.75. The summed E-state index contributed by atoms with van der Waals surface area (Å²) in [7, 11) is 0. The van der Waals surface area contributed by atoms with E-state index in [0.717, 1.165) is 19.5 Å². The first-order chi connectivity index (χ1) is 6.74. The van der Waals surface area contributed by atoms with E-state index < -0.39 is 0 Å². The highest BCUT2D eigenvalue weighted by atomic mass is 16.5. The van der Waals surface area contributed by atoms with Gasteiger partial charge in [-0.3, -0.25) is 9.69 Å². The van der Waals surface area contributed by atoms with Crippen molar-refractivity contribution < 1.29 is 9.53 Å². The number of carbonyl (C=O) groups is 1. The monoisotopic (exact) mass is 199 g/mol. The van der Waals surface area contributed by atoms with Crippen LogP contribution in [0.2, 0.25) is 0 Å². The van der Waals surface area contributed by atoms with Gasteiger partial charge in [-0.05, 0) is 26.8 Å². The van der Waals surface area contributed by atoms with Crippen molar-refractivity contribution in [1.29, 1.82) is 0 Å². The molecule has 3 nitrogen and oxygen atoms in total. The SMILES string of the molecule is CC=CCN(CCC)CC(=O)OCC. The molecule has 0 atom stereocenters. The van der Waals surface area contributed by atoms with E-state index in [9.17, 15) is 4.79 Å². The van der Waals surface area contributed by atoms with Gasteiger partial charge >= 0.3 is 5.97 Å². The molecule has 0 N–H and O–H groups in total. The summed E-state index contributed by atoms with van der Waals surface area (Å²) >= 11 is 0. The first-order valence-corrected chi connectivity index (χ1v) is 5.23. The minimum atomic E-state index is -0.134. The largest absolute Gasteiger partial charge is 0.465 e. The summed E-state index contributed by atoms with van der Waals surface area (Å²) in [5, 5.41) is 0. The van der Waals surface area contributed by atoms with E-state index >= 15 is 0 Å². The van der Waals surface area contributed by atoms with E-state index in [2.05, 4.69) is 17.9 Å². The third-order valence-corrected chi connectivity index (χ3v) is 1.80. The fraction of sp³-hybridized carbons (Fsp3) is 0.727. The highest BCUT2D eigenvalue weighted by Gasteiger charge is 2.08. The van der Waals surface area contributed by atoms with Crippen LogP contribution in [0.15, 0.2) is 12.2 Å². The van der Waals surface area contributed by atoms with Crippen molar-refractivity contribution in [1.82, 2.24) is 4.90 Å². The summed E-state index contributed by atoms with van der Waals surface area (Å²) in [5.41, 5.74) is 0. The Balaban J connectivity index is 3.87. The number of esters is 1. The lowest BCUT2D eigenvalue weighted by Gasteiger charge is -2.18. The van der Waals surface area contributed by atoms with Gasteiger partial charge in [-0.2, -0.15) is 0 Å². The molecule has 0 spiro atoms. The second-order valence-corrected chi connectivity index (χ2v) is 3.11. The lowest BCUT2D eigenvalue weighted by atomic mass is 10.3. The van der Waals surface area contributed by atoms with Crippen LogP contribution in [0.25, 0.3) is 0 Å². The summed E-state index contributed by atoms with van der Waals surface area (Å²) < 4.78 is 4.89. The normalized spacial score (nSPS) is 11.1. The minimum absolute atomic E-state index is 0.134. The molecule has 0 unspecified atom stereocenters. The van der Waals surface area contributed by atoms with Crippen LogP contribution in [-0.2, 0) is 9.53 Å². The van der Waals surface area contributed by atoms with E-state index in [0.29, 0.717) is 13.2 Å². The molecule has 82 valence electrons. The molecule has 0 saturated heterocycles. The summed E-state index contributed by atoms with van der Waals surface area (Å²) in [6.07, 6.45) is 5.10. The summed E-state index contributed by atoms with van der Waals surface area (Å²) in [5.74, 6) is -0.134. The molecule has 0 aliphatic heterocycles. The van der Waals surface area contributed by atoms with E-state index in [-0.39, 0.29) is 5.97 Å². The molecular weight excluding hydrogens is 178 g/mol. The predicted octanol–water partition coefficient (Wildman–Crippen LogP) is 1.84. The van der Waals surface area contributed by atoms with Crippen molar-refractivity contribution in [2.45, 2.75) is 27.2 Å². The van der Waals surface area contributed by atoms with Crippen molar-refractivity contribution in [3.8, 4) is 0 Å². The van der Waals surface area contributed by atoms with Crippen LogP contribution in [0.5, 0.6) is 0 Å². The van der Waals surface area contributed by atoms with Crippen molar-refractivity contribution in [2.75, 3.05) is 26.2 Å². The molecular formula is C11H21NO2. The fourth-order valence-electron chi connectivity index (χ4n) is 1.19. The quantitative estimate of drug-likeness (QED) is 0.463. The summed E-state index contributed by atoms with van der Waals surface area (Å²) in [6, 6.07) is 0. The Morgan fingerprint density at radius 2 is 2.14 bits per heavy atom. The number of hydrogen-bond acceptors (Lipinski definition) is 3. The Labute approximate surface area is 86.7 Å². The minimum Gasteiger partial charge on any atom is -0.465 e. The lowest BCUT2D eigenvalue weighted by Crippen LogP contribution is -2.31. The van der Waals surface area contributed by atoms with Crippen LogP contribution in [0.3, 0.4) is 0 Å². The molecule has 14 heavy (non-hydrogen) atoms. The zero-order valence-electron chi connectivity index (χ0n) is 9.45. The first kappa shape index (κ1) is 13.2. The topological polar surface area (TPSA) is 29.5 Å². The third-order valence-electron chi connectivity index (χ3n) is 1.80. The average molecular weight is 199 g/mol. The maximum atomic E-state index is 11.2. The maximum Gasteiger partial charge on any atom is 0.320 e. The van der Waals surface area contributed by atoms with Gasteiger partial charge in [0.05, 0.1) is 13.2 Å². The van der Waals surface area contributed by atoms with Gasteiger partial charge in [0.1, 0.15) is 0 Å². The Bertz CT molecular complexity index is 178. The van der Waals surface area contributed by atoms with Gasteiger partial charge in [0.15, 0.2) is 0 Å². The van der Waals surface area contributed by atoms with Crippen LogP contribution < -0.4 is 0 Å². The molecule has 0 aromatic heterocycles. The van der Waals surface area contributed by atoms with Gasteiger partial charge in [-0.25, -0.2) is 0 Å². The van der Waals surface area contributed by atoms with Crippen LogP contribution in [0.4, 0.5) is 0 Å².